The average Bonchev–Trinajstić information content (AvgIpc) is 2.50. The Kier molecular flexibility index (Phi) is 4.23. The Morgan fingerprint density at radius 2 is 2.14 bits per heavy atom. The van der Waals surface area contributed by atoms with Crippen molar-refractivity contribution >= 4 is 27.7 Å². The molecule has 4 heteroatoms. The molecule has 0 bridgehead atoms. The van der Waals surface area contributed by atoms with Crippen LogP contribution in [-0.4, -0.2) is 5.11 Å². The van der Waals surface area contributed by atoms with Gasteiger partial charge in [-0.25, -0.2) is 0 Å². The summed E-state index contributed by atoms with van der Waals surface area (Å²) < 4.78 is 0.956. The van der Waals surface area contributed by atoms with E-state index in [-0.39, 0.29) is 12.1 Å². The van der Waals surface area contributed by atoms with Gasteiger partial charge in [0.2, 0.25) is 0 Å². The van der Waals surface area contributed by atoms with E-state index in [9.17, 15) is 5.11 Å². The molecule has 0 radical (unpaired) electrons. The molecule has 4 N–H and O–H groups in total. The molecule has 2 aromatic carbocycles. The van der Waals surface area contributed by atoms with E-state index in [1.165, 1.54) is 0 Å². The zero-order valence-electron chi connectivity index (χ0n) is 12.4. The van der Waals surface area contributed by atoms with Gasteiger partial charge in [0.15, 0.2) is 0 Å². The standard InChI is InChI=1S/C18H19BrN2O/c1-11(14-10-13(19)8-9-17(14)22)21-16-7-3-5-12-4-2-6-15(20)18(12)16/h2-6,8-11,16,21-22H,7,20H2,1H3. The van der Waals surface area contributed by atoms with E-state index in [1.807, 2.05) is 24.3 Å². The van der Waals surface area contributed by atoms with Gasteiger partial charge in [0, 0.05) is 27.8 Å². The average molecular weight is 359 g/mol. The number of halogens is 1. The summed E-state index contributed by atoms with van der Waals surface area (Å²) in [7, 11) is 0. The summed E-state index contributed by atoms with van der Waals surface area (Å²) >= 11 is 3.46. The highest BCUT2D eigenvalue weighted by Crippen LogP contribution is 2.35. The van der Waals surface area contributed by atoms with Crippen LogP contribution in [0.4, 0.5) is 5.69 Å². The number of fused-ring (bicyclic) bond motifs is 1. The predicted molar refractivity (Wildman–Crippen MR) is 94.6 cm³/mol. The van der Waals surface area contributed by atoms with Crippen LogP contribution in [0.2, 0.25) is 0 Å². The van der Waals surface area contributed by atoms with E-state index >= 15 is 0 Å². The smallest absolute Gasteiger partial charge is 0.120 e. The Balaban J connectivity index is 1.88. The summed E-state index contributed by atoms with van der Waals surface area (Å²) in [6.45, 7) is 2.05. The topological polar surface area (TPSA) is 58.3 Å². The lowest BCUT2D eigenvalue weighted by molar-refractivity contribution is 0.429. The minimum absolute atomic E-state index is 0.0152. The summed E-state index contributed by atoms with van der Waals surface area (Å²) in [4.78, 5) is 0. The fraction of sp³-hybridized carbons (Fsp3) is 0.222. The molecule has 0 aliphatic heterocycles. The summed E-state index contributed by atoms with van der Waals surface area (Å²) in [5.74, 6) is 0.302. The largest absolute Gasteiger partial charge is 0.508 e. The molecule has 1 aliphatic rings. The molecule has 0 heterocycles. The Bertz CT molecular complexity index is 727. The highest BCUT2D eigenvalue weighted by molar-refractivity contribution is 9.10. The molecule has 0 spiro atoms. The van der Waals surface area contributed by atoms with Gasteiger partial charge in [-0.3, -0.25) is 0 Å². The van der Waals surface area contributed by atoms with Crippen LogP contribution in [0, 0.1) is 0 Å². The molecule has 0 saturated carbocycles. The van der Waals surface area contributed by atoms with Gasteiger partial charge in [-0.15, -0.1) is 0 Å². The van der Waals surface area contributed by atoms with Gasteiger partial charge in [-0.1, -0.05) is 40.2 Å². The van der Waals surface area contributed by atoms with Crippen LogP contribution < -0.4 is 11.1 Å². The van der Waals surface area contributed by atoms with E-state index in [2.05, 4.69) is 46.4 Å². The number of nitrogens with one attached hydrogen (secondary N) is 1. The minimum Gasteiger partial charge on any atom is -0.508 e. The van der Waals surface area contributed by atoms with Gasteiger partial charge in [-0.2, -0.15) is 0 Å². The second kappa shape index (κ2) is 6.15. The van der Waals surface area contributed by atoms with Gasteiger partial charge in [0.05, 0.1) is 0 Å². The van der Waals surface area contributed by atoms with Crippen molar-refractivity contribution < 1.29 is 5.11 Å². The van der Waals surface area contributed by atoms with Gasteiger partial charge < -0.3 is 16.2 Å². The zero-order valence-corrected chi connectivity index (χ0v) is 14.0. The molecular weight excluding hydrogens is 340 g/mol. The first kappa shape index (κ1) is 15.1. The lowest BCUT2D eigenvalue weighted by Gasteiger charge is -2.28. The summed E-state index contributed by atoms with van der Waals surface area (Å²) in [5, 5.41) is 13.7. The molecule has 0 saturated heterocycles. The Hall–Kier alpha value is -1.78. The number of aromatic hydroxyl groups is 1. The zero-order chi connectivity index (χ0) is 15.7. The van der Waals surface area contributed by atoms with Crippen LogP contribution in [-0.2, 0) is 0 Å². The third-order valence-electron chi connectivity index (χ3n) is 4.10. The maximum atomic E-state index is 10.1. The van der Waals surface area contributed by atoms with Crippen molar-refractivity contribution in [2.75, 3.05) is 5.73 Å². The van der Waals surface area contributed by atoms with Crippen molar-refractivity contribution in [1.29, 1.82) is 0 Å². The van der Waals surface area contributed by atoms with E-state index < -0.39 is 0 Å². The molecule has 2 atom stereocenters. The number of nitrogen functional groups attached to an aromatic ring is 1. The third-order valence-corrected chi connectivity index (χ3v) is 4.59. The number of phenols is 1. The summed E-state index contributed by atoms with van der Waals surface area (Å²) in [6.07, 6.45) is 5.17. The molecular formula is C18H19BrN2O. The molecule has 2 unspecified atom stereocenters. The van der Waals surface area contributed by atoms with Gasteiger partial charge in [0.25, 0.3) is 0 Å². The maximum absolute atomic E-state index is 10.1. The van der Waals surface area contributed by atoms with Crippen LogP contribution in [0.15, 0.2) is 46.9 Å². The lowest BCUT2D eigenvalue weighted by Crippen LogP contribution is -2.27. The molecule has 3 rings (SSSR count). The van der Waals surface area contributed by atoms with Gasteiger partial charge in [-0.05, 0) is 48.7 Å². The monoisotopic (exact) mass is 358 g/mol. The van der Waals surface area contributed by atoms with E-state index in [1.54, 1.807) is 6.07 Å². The fourth-order valence-corrected chi connectivity index (χ4v) is 3.39. The van der Waals surface area contributed by atoms with E-state index in [0.29, 0.717) is 5.75 Å². The highest BCUT2D eigenvalue weighted by Gasteiger charge is 2.22. The SMILES string of the molecule is CC(NC1CC=Cc2cccc(N)c21)c1cc(Br)ccc1O. The lowest BCUT2D eigenvalue weighted by atomic mass is 9.90. The molecule has 0 aromatic heterocycles. The molecule has 114 valence electrons. The molecule has 2 aromatic rings. The first-order valence-electron chi connectivity index (χ1n) is 7.35. The van der Waals surface area contributed by atoms with Crippen LogP contribution >= 0.6 is 15.9 Å². The van der Waals surface area contributed by atoms with Crippen molar-refractivity contribution in [2.45, 2.75) is 25.4 Å². The Labute approximate surface area is 139 Å². The number of nitrogens with two attached hydrogens (primary N) is 1. The predicted octanol–water partition coefficient (Wildman–Crippen LogP) is 4.55. The minimum atomic E-state index is 0.0152. The summed E-state index contributed by atoms with van der Waals surface area (Å²) in [6, 6.07) is 11.6. The van der Waals surface area contributed by atoms with Gasteiger partial charge in [0.1, 0.15) is 5.75 Å². The number of rotatable bonds is 3. The van der Waals surface area contributed by atoms with Crippen LogP contribution in [0.5, 0.6) is 5.75 Å². The molecule has 1 aliphatic carbocycles. The Morgan fingerprint density at radius 3 is 2.95 bits per heavy atom. The molecule has 3 nitrogen and oxygen atoms in total. The highest BCUT2D eigenvalue weighted by atomic mass is 79.9. The third kappa shape index (κ3) is 2.89. The van der Waals surface area contributed by atoms with Crippen LogP contribution in [0.1, 0.15) is 42.1 Å². The second-order valence-electron chi connectivity index (χ2n) is 5.63. The van der Waals surface area contributed by atoms with Crippen molar-refractivity contribution in [2.24, 2.45) is 0 Å². The van der Waals surface area contributed by atoms with Crippen molar-refractivity contribution in [3.8, 4) is 5.75 Å². The number of hydrogen-bond acceptors (Lipinski definition) is 3. The first-order chi connectivity index (χ1) is 10.6. The molecule has 0 amide bonds. The number of anilines is 1. The quantitative estimate of drug-likeness (QED) is 0.705. The van der Waals surface area contributed by atoms with Crippen LogP contribution in [0.3, 0.4) is 0 Å². The summed E-state index contributed by atoms with van der Waals surface area (Å²) in [5.41, 5.74) is 10.2. The Morgan fingerprint density at radius 1 is 1.32 bits per heavy atom. The maximum Gasteiger partial charge on any atom is 0.120 e. The normalized spacial score (nSPS) is 18.0. The molecule has 22 heavy (non-hydrogen) atoms. The molecule has 0 fully saturated rings. The van der Waals surface area contributed by atoms with Crippen LogP contribution in [0.25, 0.3) is 6.08 Å². The van der Waals surface area contributed by atoms with Crippen molar-refractivity contribution in [3.63, 3.8) is 0 Å². The van der Waals surface area contributed by atoms with Crippen molar-refractivity contribution in [1.82, 2.24) is 5.32 Å². The fourth-order valence-electron chi connectivity index (χ4n) is 3.01. The van der Waals surface area contributed by atoms with E-state index in [0.717, 1.165) is 33.3 Å². The second-order valence-corrected chi connectivity index (χ2v) is 6.55. The van der Waals surface area contributed by atoms with E-state index in [4.69, 9.17) is 5.73 Å². The number of hydrogen-bond donors (Lipinski definition) is 3. The van der Waals surface area contributed by atoms with Gasteiger partial charge >= 0.3 is 0 Å². The number of benzene rings is 2. The number of phenolic OH excluding ortho intramolecular Hbond substituents is 1. The van der Waals surface area contributed by atoms with Crippen molar-refractivity contribution in [3.05, 3.63) is 63.6 Å². The first-order valence-corrected chi connectivity index (χ1v) is 8.15.